The SMILES string of the molecule is CC(C)COc1ccc(C(C)Nc2cccnc2)cc1. The first-order valence-corrected chi connectivity index (χ1v) is 7.04. The molecule has 0 aliphatic carbocycles. The Morgan fingerprint density at radius 2 is 1.85 bits per heavy atom. The number of pyridine rings is 1. The van der Waals surface area contributed by atoms with Gasteiger partial charge in [0.15, 0.2) is 0 Å². The number of nitrogens with one attached hydrogen (secondary N) is 1. The summed E-state index contributed by atoms with van der Waals surface area (Å²) in [5.74, 6) is 1.47. The first kappa shape index (κ1) is 14.4. The van der Waals surface area contributed by atoms with Gasteiger partial charge >= 0.3 is 0 Å². The summed E-state index contributed by atoms with van der Waals surface area (Å²) in [6.07, 6.45) is 3.60. The molecule has 0 aliphatic rings. The quantitative estimate of drug-likeness (QED) is 0.850. The molecule has 1 atom stereocenters. The Labute approximate surface area is 121 Å². The average Bonchev–Trinajstić information content (AvgIpc) is 2.46. The highest BCUT2D eigenvalue weighted by atomic mass is 16.5. The van der Waals surface area contributed by atoms with Crippen molar-refractivity contribution in [2.24, 2.45) is 5.92 Å². The topological polar surface area (TPSA) is 34.1 Å². The van der Waals surface area contributed by atoms with Crippen molar-refractivity contribution in [1.82, 2.24) is 4.98 Å². The summed E-state index contributed by atoms with van der Waals surface area (Å²) < 4.78 is 5.69. The molecule has 1 heterocycles. The molecule has 0 fully saturated rings. The molecule has 1 aromatic carbocycles. The lowest BCUT2D eigenvalue weighted by molar-refractivity contribution is 0.271. The van der Waals surface area contributed by atoms with E-state index in [1.807, 2.05) is 30.5 Å². The van der Waals surface area contributed by atoms with Crippen LogP contribution in [0.25, 0.3) is 0 Å². The summed E-state index contributed by atoms with van der Waals surface area (Å²) in [5, 5.41) is 3.42. The number of anilines is 1. The smallest absolute Gasteiger partial charge is 0.119 e. The van der Waals surface area contributed by atoms with Crippen molar-refractivity contribution in [1.29, 1.82) is 0 Å². The standard InChI is InChI=1S/C17H22N2O/c1-13(2)12-20-17-8-6-15(7-9-17)14(3)19-16-5-4-10-18-11-16/h4-11,13-14,19H,12H2,1-3H3. The van der Waals surface area contributed by atoms with Crippen LogP contribution in [0.1, 0.15) is 32.4 Å². The van der Waals surface area contributed by atoms with Gasteiger partial charge in [0.1, 0.15) is 5.75 Å². The van der Waals surface area contributed by atoms with Crippen LogP contribution in [0.3, 0.4) is 0 Å². The van der Waals surface area contributed by atoms with Gasteiger partial charge in [0.05, 0.1) is 12.3 Å². The summed E-state index contributed by atoms with van der Waals surface area (Å²) >= 11 is 0. The third-order valence-electron chi connectivity index (χ3n) is 3.01. The number of hydrogen-bond acceptors (Lipinski definition) is 3. The van der Waals surface area contributed by atoms with Gasteiger partial charge in [-0.2, -0.15) is 0 Å². The van der Waals surface area contributed by atoms with Gasteiger partial charge in [-0.3, -0.25) is 4.98 Å². The van der Waals surface area contributed by atoms with Crippen molar-refractivity contribution >= 4 is 5.69 Å². The molecule has 106 valence electrons. The zero-order valence-electron chi connectivity index (χ0n) is 12.3. The number of benzene rings is 1. The third kappa shape index (κ3) is 4.26. The van der Waals surface area contributed by atoms with Crippen LogP contribution in [-0.4, -0.2) is 11.6 Å². The molecule has 0 radical (unpaired) electrons. The van der Waals surface area contributed by atoms with E-state index in [9.17, 15) is 0 Å². The largest absolute Gasteiger partial charge is 0.493 e. The fraction of sp³-hybridized carbons (Fsp3) is 0.353. The minimum Gasteiger partial charge on any atom is -0.493 e. The molecule has 0 spiro atoms. The van der Waals surface area contributed by atoms with E-state index in [0.29, 0.717) is 5.92 Å². The second-order valence-electron chi connectivity index (χ2n) is 5.38. The van der Waals surface area contributed by atoms with Crippen LogP contribution < -0.4 is 10.1 Å². The molecular weight excluding hydrogens is 248 g/mol. The molecule has 0 bridgehead atoms. The fourth-order valence-corrected chi connectivity index (χ4v) is 1.90. The Kier molecular flexibility index (Phi) is 4.99. The maximum absolute atomic E-state index is 5.69. The summed E-state index contributed by atoms with van der Waals surface area (Å²) in [4.78, 5) is 4.10. The highest BCUT2D eigenvalue weighted by Gasteiger charge is 2.05. The molecule has 0 amide bonds. The highest BCUT2D eigenvalue weighted by Crippen LogP contribution is 2.21. The Balaban J connectivity index is 1.95. The molecule has 3 nitrogen and oxygen atoms in total. The van der Waals surface area contributed by atoms with Crippen molar-refractivity contribution in [3.8, 4) is 5.75 Å². The highest BCUT2D eigenvalue weighted by molar-refractivity contribution is 5.43. The van der Waals surface area contributed by atoms with Crippen LogP contribution in [-0.2, 0) is 0 Å². The maximum atomic E-state index is 5.69. The van der Waals surface area contributed by atoms with E-state index < -0.39 is 0 Å². The lowest BCUT2D eigenvalue weighted by atomic mass is 10.1. The van der Waals surface area contributed by atoms with Crippen LogP contribution in [0, 0.1) is 5.92 Å². The molecule has 0 aliphatic heterocycles. The van der Waals surface area contributed by atoms with Crippen molar-refractivity contribution in [2.75, 3.05) is 11.9 Å². The molecule has 1 unspecified atom stereocenters. The minimum atomic E-state index is 0.235. The van der Waals surface area contributed by atoms with Crippen molar-refractivity contribution in [3.05, 3.63) is 54.4 Å². The van der Waals surface area contributed by atoms with E-state index in [1.165, 1.54) is 5.56 Å². The van der Waals surface area contributed by atoms with Gasteiger partial charge in [-0.05, 0) is 42.7 Å². The van der Waals surface area contributed by atoms with Crippen molar-refractivity contribution in [3.63, 3.8) is 0 Å². The molecule has 0 saturated carbocycles. The molecule has 20 heavy (non-hydrogen) atoms. The van der Waals surface area contributed by atoms with E-state index in [-0.39, 0.29) is 6.04 Å². The first-order chi connectivity index (χ1) is 9.65. The van der Waals surface area contributed by atoms with Crippen molar-refractivity contribution in [2.45, 2.75) is 26.8 Å². The second kappa shape index (κ2) is 6.94. The van der Waals surface area contributed by atoms with Gasteiger partial charge in [-0.15, -0.1) is 0 Å². The predicted octanol–water partition coefficient (Wildman–Crippen LogP) is 4.29. The maximum Gasteiger partial charge on any atom is 0.119 e. The first-order valence-electron chi connectivity index (χ1n) is 7.04. The van der Waals surface area contributed by atoms with Gasteiger partial charge in [0.25, 0.3) is 0 Å². The number of ether oxygens (including phenoxy) is 1. The van der Waals surface area contributed by atoms with Crippen LogP contribution in [0.5, 0.6) is 5.75 Å². The van der Waals surface area contributed by atoms with Gasteiger partial charge < -0.3 is 10.1 Å². The number of aromatic nitrogens is 1. The lowest BCUT2D eigenvalue weighted by Gasteiger charge is -2.16. The monoisotopic (exact) mass is 270 g/mol. The Morgan fingerprint density at radius 1 is 1.10 bits per heavy atom. The van der Waals surface area contributed by atoms with Crippen LogP contribution in [0.15, 0.2) is 48.8 Å². The number of rotatable bonds is 6. The third-order valence-corrected chi connectivity index (χ3v) is 3.01. The summed E-state index contributed by atoms with van der Waals surface area (Å²) in [5.41, 5.74) is 2.26. The molecule has 0 saturated heterocycles. The molecular formula is C17H22N2O. The molecule has 2 aromatic rings. The molecule has 1 N–H and O–H groups in total. The number of nitrogens with zero attached hydrogens (tertiary/aromatic N) is 1. The van der Waals surface area contributed by atoms with Crippen LogP contribution >= 0.6 is 0 Å². The summed E-state index contributed by atoms with van der Waals surface area (Å²) in [6, 6.07) is 12.4. The van der Waals surface area contributed by atoms with Crippen LogP contribution in [0.4, 0.5) is 5.69 Å². The van der Waals surface area contributed by atoms with Gasteiger partial charge in [0.2, 0.25) is 0 Å². The Morgan fingerprint density at radius 3 is 2.45 bits per heavy atom. The lowest BCUT2D eigenvalue weighted by Crippen LogP contribution is -2.07. The minimum absolute atomic E-state index is 0.235. The summed E-state index contributed by atoms with van der Waals surface area (Å²) in [6.45, 7) is 7.18. The Hall–Kier alpha value is -2.03. The summed E-state index contributed by atoms with van der Waals surface area (Å²) in [7, 11) is 0. The van der Waals surface area contributed by atoms with Gasteiger partial charge in [-0.1, -0.05) is 26.0 Å². The Bertz CT molecular complexity index is 508. The van der Waals surface area contributed by atoms with E-state index in [0.717, 1.165) is 18.0 Å². The zero-order valence-corrected chi connectivity index (χ0v) is 12.3. The fourth-order valence-electron chi connectivity index (χ4n) is 1.90. The molecule has 1 aromatic heterocycles. The van der Waals surface area contributed by atoms with E-state index >= 15 is 0 Å². The van der Waals surface area contributed by atoms with Gasteiger partial charge in [0, 0.05) is 18.4 Å². The van der Waals surface area contributed by atoms with Crippen LogP contribution in [0.2, 0.25) is 0 Å². The number of hydrogen-bond donors (Lipinski definition) is 1. The molecule has 3 heteroatoms. The van der Waals surface area contributed by atoms with Crippen molar-refractivity contribution < 1.29 is 4.74 Å². The van der Waals surface area contributed by atoms with Gasteiger partial charge in [-0.25, -0.2) is 0 Å². The molecule has 2 rings (SSSR count). The van der Waals surface area contributed by atoms with E-state index in [2.05, 4.69) is 43.2 Å². The zero-order chi connectivity index (χ0) is 14.4. The predicted molar refractivity (Wildman–Crippen MR) is 83.0 cm³/mol. The van der Waals surface area contributed by atoms with E-state index in [1.54, 1.807) is 6.20 Å². The normalized spacial score (nSPS) is 12.2. The second-order valence-corrected chi connectivity index (χ2v) is 5.38. The van der Waals surface area contributed by atoms with E-state index in [4.69, 9.17) is 4.74 Å². The average molecular weight is 270 g/mol.